The lowest BCUT2D eigenvalue weighted by Crippen LogP contribution is -2.27. The van der Waals surface area contributed by atoms with E-state index in [4.69, 9.17) is 0 Å². The Labute approximate surface area is 245 Å². The highest BCUT2D eigenvalue weighted by Crippen LogP contribution is 2.48. The first kappa shape index (κ1) is 26.8. The zero-order valence-electron chi connectivity index (χ0n) is 24.6. The van der Waals surface area contributed by atoms with Crippen molar-refractivity contribution in [1.29, 1.82) is 0 Å². The molecule has 0 N–H and O–H groups in total. The number of para-hydroxylation sites is 2. The van der Waals surface area contributed by atoms with E-state index in [-0.39, 0.29) is 10.8 Å². The summed E-state index contributed by atoms with van der Waals surface area (Å²) in [5.41, 5.74) is 10.5. The minimum absolute atomic E-state index is 0.0737. The molecule has 0 radical (unpaired) electrons. The third-order valence-electron chi connectivity index (χ3n) is 8.70. The standard InChI is InChI=1S/C39H39N2/c1-38(2)32-22-14-16-24-34(32)40(28-30-18-8-5-9-19-30)36(38)26-12-7-13-27-37-39(3,4)33-23-15-17-25-35(33)41(37)29-31-20-10-6-11-21-31/h5-27H,28-29H2,1-4H3/q+1. The van der Waals surface area contributed by atoms with Gasteiger partial charge in [0.05, 0.1) is 5.41 Å². The molecular formula is C39H39N2+. The van der Waals surface area contributed by atoms with E-state index in [9.17, 15) is 0 Å². The van der Waals surface area contributed by atoms with E-state index in [1.165, 1.54) is 45.0 Å². The summed E-state index contributed by atoms with van der Waals surface area (Å²) in [4.78, 5) is 2.48. The number of fused-ring (bicyclic) bond motifs is 2. The molecule has 2 heteroatoms. The van der Waals surface area contributed by atoms with E-state index in [2.05, 4.69) is 177 Å². The van der Waals surface area contributed by atoms with Gasteiger partial charge in [-0.25, -0.2) is 0 Å². The van der Waals surface area contributed by atoms with Crippen LogP contribution < -0.4 is 4.90 Å². The Kier molecular flexibility index (Phi) is 7.09. The van der Waals surface area contributed by atoms with Gasteiger partial charge in [-0.15, -0.1) is 0 Å². The Morgan fingerprint density at radius 3 is 1.95 bits per heavy atom. The van der Waals surface area contributed by atoms with Gasteiger partial charge < -0.3 is 4.90 Å². The number of anilines is 1. The van der Waals surface area contributed by atoms with Crippen LogP contribution in [0.2, 0.25) is 0 Å². The lowest BCUT2D eigenvalue weighted by Gasteiger charge is -2.27. The first-order valence-corrected chi connectivity index (χ1v) is 14.6. The van der Waals surface area contributed by atoms with Gasteiger partial charge in [0.2, 0.25) is 5.69 Å². The van der Waals surface area contributed by atoms with Crippen molar-refractivity contribution < 1.29 is 4.58 Å². The highest BCUT2D eigenvalue weighted by atomic mass is 15.2. The van der Waals surface area contributed by atoms with Crippen molar-refractivity contribution in [1.82, 2.24) is 0 Å². The summed E-state index contributed by atoms with van der Waals surface area (Å²) in [6.45, 7) is 11.1. The van der Waals surface area contributed by atoms with Crippen LogP contribution in [0.15, 0.2) is 145 Å². The fourth-order valence-corrected chi connectivity index (χ4v) is 6.51. The second-order valence-corrected chi connectivity index (χ2v) is 12.1. The number of hydrogen-bond donors (Lipinski definition) is 0. The summed E-state index contributed by atoms with van der Waals surface area (Å²) >= 11 is 0. The lowest BCUT2D eigenvalue weighted by molar-refractivity contribution is -0.455. The maximum absolute atomic E-state index is 2.48. The fraction of sp³-hybridized carbons (Fsp3) is 0.205. The fourth-order valence-electron chi connectivity index (χ4n) is 6.51. The molecule has 2 nitrogen and oxygen atoms in total. The van der Waals surface area contributed by atoms with Crippen molar-refractivity contribution in [3.05, 3.63) is 168 Å². The van der Waals surface area contributed by atoms with Crippen molar-refractivity contribution in [2.45, 2.75) is 51.6 Å². The van der Waals surface area contributed by atoms with Gasteiger partial charge in [0.25, 0.3) is 0 Å². The van der Waals surface area contributed by atoms with Gasteiger partial charge in [0.1, 0.15) is 0 Å². The molecule has 2 heterocycles. The molecule has 0 saturated heterocycles. The van der Waals surface area contributed by atoms with Crippen molar-refractivity contribution in [3.63, 3.8) is 0 Å². The Balaban J connectivity index is 1.32. The predicted octanol–water partition coefficient (Wildman–Crippen LogP) is 9.26. The molecule has 0 spiro atoms. The van der Waals surface area contributed by atoms with Crippen molar-refractivity contribution in [2.24, 2.45) is 0 Å². The number of hydrogen-bond acceptors (Lipinski definition) is 1. The van der Waals surface area contributed by atoms with Gasteiger partial charge in [-0.05, 0) is 37.1 Å². The molecule has 0 unspecified atom stereocenters. The van der Waals surface area contributed by atoms with Gasteiger partial charge in [-0.3, -0.25) is 0 Å². The van der Waals surface area contributed by atoms with E-state index < -0.39 is 0 Å². The predicted molar refractivity (Wildman–Crippen MR) is 173 cm³/mol. The Morgan fingerprint density at radius 1 is 0.610 bits per heavy atom. The highest BCUT2D eigenvalue weighted by Gasteiger charge is 2.44. The zero-order chi connectivity index (χ0) is 28.5. The molecule has 0 aromatic heterocycles. The van der Waals surface area contributed by atoms with Crippen molar-refractivity contribution >= 4 is 17.1 Å². The molecule has 4 aromatic carbocycles. The van der Waals surface area contributed by atoms with Crippen LogP contribution in [-0.2, 0) is 23.9 Å². The Hall–Kier alpha value is -4.43. The van der Waals surface area contributed by atoms with Gasteiger partial charge in [-0.1, -0.05) is 129 Å². The van der Waals surface area contributed by atoms with E-state index in [1.54, 1.807) is 0 Å². The topological polar surface area (TPSA) is 6.25 Å². The summed E-state index contributed by atoms with van der Waals surface area (Å²) in [6, 6.07) is 39.2. The quantitative estimate of drug-likeness (QED) is 0.169. The molecule has 204 valence electrons. The van der Waals surface area contributed by atoms with E-state index >= 15 is 0 Å². The molecular weight excluding hydrogens is 496 g/mol. The average Bonchev–Trinajstić information content (AvgIpc) is 3.33. The van der Waals surface area contributed by atoms with Crippen LogP contribution in [0, 0.1) is 0 Å². The molecule has 0 fully saturated rings. The van der Waals surface area contributed by atoms with Crippen molar-refractivity contribution in [3.8, 4) is 0 Å². The molecule has 41 heavy (non-hydrogen) atoms. The van der Waals surface area contributed by atoms with Crippen LogP contribution >= 0.6 is 0 Å². The van der Waals surface area contributed by atoms with Gasteiger partial charge >= 0.3 is 0 Å². The van der Waals surface area contributed by atoms with E-state index in [1.807, 2.05) is 0 Å². The molecule has 6 rings (SSSR count). The first-order chi connectivity index (χ1) is 19.9. The summed E-state index contributed by atoms with van der Waals surface area (Å²) in [6.07, 6.45) is 11.2. The summed E-state index contributed by atoms with van der Waals surface area (Å²) < 4.78 is 2.48. The van der Waals surface area contributed by atoms with E-state index in [0.29, 0.717) is 0 Å². The third-order valence-corrected chi connectivity index (χ3v) is 8.70. The smallest absolute Gasteiger partial charge is 0.210 e. The molecule has 2 aliphatic rings. The van der Waals surface area contributed by atoms with Crippen LogP contribution in [0.3, 0.4) is 0 Å². The minimum atomic E-state index is -0.0737. The maximum atomic E-state index is 2.48. The molecule has 0 aliphatic carbocycles. The molecule has 4 aromatic rings. The van der Waals surface area contributed by atoms with Gasteiger partial charge in [0.15, 0.2) is 12.3 Å². The second kappa shape index (κ2) is 10.9. The van der Waals surface area contributed by atoms with E-state index in [0.717, 1.165) is 13.1 Å². The Bertz CT molecular complexity index is 1670. The lowest BCUT2D eigenvalue weighted by atomic mass is 9.81. The summed E-state index contributed by atoms with van der Waals surface area (Å²) in [5, 5.41) is 0. The first-order valence-electron chi connectivity index (χ1n) is 14.6. The number of nitrogens with zero attached hydrogens (tertiary/aromatic N) is 2. The van der Waals surface area contributed by atoms with Crippen LogP contribution in [0.1, 0.15) is 49.9 Å². The Morgan fingerprint density at radius 2 is 1.22 bits per heavy atom. The third kappa shape index (κ3) is 5.00. The normalized spacial score (nSPS) is 18.0. The molecule has 0 bridgehead atoms. The molecule has 0 amide bonds. The summed E-state index contributed by atoms with van der Waals surface area (Å²) in [5.74, 6) is 0. The van der Waals surface area contributed by atoms with Crippen LogP contribution in [0.25, 0.3) is 0 Å². The highest BCUT2D eigenvalue weighted by molar-refractivity contribution is 6.03. The van der Waals surface area contributed by atoms with Crippen molar-refractivity contribution in [2.75, 3.05) is 4.90 Å². The number of rotatable bonds is 7. The van der Waals surface area contributed by atoms with Gasteiger partial charge in [-0.2, -0.15) is 4.58 Å². The van der Waals surface area contributed by atoms with Crippen LogP contribution in [-0.4, -0.2) is 10.3 Å². The van der Waals surface area contributed by atoms with Crippen LogP contribution in [0.5, 0.6) is 0 Å². The molecule has 0 saturated carbocycles. The SMILES string of the molecule is CC1(C)C(/C=C/C=C/C=C2/N(Cc3ccccc3)c3ccccc3C2(C)C)=[N+](Cc2ccccc2)c2ccccc21. The average molecular weight is 536 g/mol. The second-order valence-electron chi connectivity index (χ2n) is 12.1. The van der Waals surface area contributed by atoms with Crippen LogP contribution in [0.4, 0.5) is 11.4 Å². The number of allylic oxidation sites excluding steroid dienone is 6. The number of benzene rings is 4. The van der Waals surface area contributed by atoms with Gasteiger partial charge in [0, 0.05) is 46.6 Å². The zero-order valence-corrected chi connectivity index (χ0v) is 24.6. The summed E-state index contributed by atoms with van der Waals surface area (Å²) in [7, 11) is 0. The monoisotopic (exact) mass is 535 g/mol. The molecule has 2 aliphatic heterocycles. The largest absolute Gasteiger partial charge is 0.340 e. The molecule has 0 atom stereocenters. The minimum Gasteiger partial charge on any atom is -0.340 e. The maximum Gasteiger partial charge on any atom is 0.210 e.